The molecule has 0 unspecified atom stereocenters. The van der Waals surface area contributed by atoms with Crippen LogP contribution in [0.1, 0.15) is 36.4 Å². The van der Waals surface area contributed by atoms with E-state index in [-0.39, 0.29) is 23.5 Å². The highest BCUT2D eigenvalue weighted by Crippen LogP contribution is 2.06. The molecule has 1 aromatic carbocycles. The first-order valence-electron chi connectivity index (χ1n) is 9.32. The molecule has 0 fully saturated rings. The Morgan fingerprint density at radius 1 is 1.11 bits per heavy atom. The molecule has 0 aliphatic heterocycles. The predicted molar refractivity (Wildman–Crippen MR) is 105 cm³/mol. The van der Waals surface area contributed by atoms with Crippen molar-refractivity contribution in [2.45, 2.75) is 32.9 Å². The van der Waals surface area contributed by atoms with Crippen LogP contribution < -0.4 is 10.6 Å². The number of furan rings is 1. The largest absolute Gasteiger partial charge is 0.459 e. The SMILES string of the molecule is CC(C)[C@H](NC(=O)c1ccco1)C(=O)NCCCN(C)Cc1ccccc1. The van der Waals surface area contributed by atoms with Gasteiger partial charge in [-0.1, -0.05) is 44.2 Å². The number of benzene rings is 1. The van der Waals surface area contributed by atoms with Gasteiger partial charge in [0, 0.05) is 13.1 Å². The lowest BCUT2D eigenvalue weighted by Crippen LogP contribution is -2.50. The van der Waals surface area contributed by atoms with Crippen LogP contribution in [0.5, 0.6) is 0 Å². The van der Waals surface area contributed by atoms with Gasteiger partial charge in [-0.05, 0) is 43.6 Å². The molecule has 1 aromatic heterocycles. The van der Waals surface area contributed by atoms with E-state index in [1.807, 2.05) is 32.0 Å². The summed E-state index contributed by atoms with van der Waals surface area (Å²) < 4.78 is 5.08. The lowest BCUT2D eigenvalue weighted by atomic mass is 10.0. The maximum atomic E-state index is 12.5. The topological polar surface area (TPSA) is 74.6 Å². The highest BCUT2D eigenvalue weighted by Gasteiger charge is 2.25. The summed E-state index contributed by atoms with van der Waals surface area (Å²) in [6.07, 6.45) is 2.28. The fourth-order valence-corrected chi connectivity index (χ4v) is 2.80. The number of rotatable bonds is 10. The average molecular weight is 371 g/mol. The van der Waals surface area contributed by atoms with Crippen molar-refractivity contribution in [3.05, 3.63) is 60.1 Å². The summed E-state index contributed by atoms with van der Waals surface area (Å²) in [5.74, 6) is -0.368. The summed E-state index contributed by atoms with van der Waals surface area (Å²) in [5, 5.41) is 5.67. The van der Waals surface area contributed by atoms with Gasteiger partial charge in [0.05, 0.1) is 6.26 Å². The highest BCUT2D eigenvalue weighted by molar-refractivity contribution is 5.95. The molecule has 2 aromatic rings. The van der Waals surface area contributed by atoms with Crippen LogP contribution in [0.15, 0.2) is 53.1 Å². The molecule has 2 amide bonds. The predicted octanol–water partition coefficient (Wildman–Crippen LogP) is 2.67. The number of nitrogens with zero attached hydrogens (tertiary/aromatic N) is 1. The highest BCUT2D eigenvalue weighted by atomic mass is 16.3. The van der Waals surface area contributed by atoms with Crippen molar-refractivity contribution in [3.63, 3.8) is 0 Å². The fraction of sp³-hybridized carbons (Fsp3) is 0.429. The maximum Gasteiger partial charge on any atom is 0.287 e. The molecule has 0 bridgehead atoms. The van der Waals surface area contributed by atoms with Gasteiger partial charge in [-0.3, -0.25) is 9.59 Å². The second-order valence-corrected chi connectivity index (χ2v) is 7.04. The zero-order valence-electron chi connectivity index (χ0n) is 16.3. The Kier molecular flexibility index (Phi) is 8.07. The van der Waals surface area contributed by atoms with Crippen LogP contribution in [-0.4, -0.2) is 42.9 Å². The van der Waals surface area contributed by atoms with Crippen molar-refractivity contribution >= 4 is 11.8 Å². The molecule has 0 aliphatic carbocycles. The van der Waals surface area contributed by atoms with E-state index in [4.69, 9.17) is 4.42 Å². The summed E-state index contributed by atoms with van der Waals surface area (Å²) in [6, 6.07) is 12.9. The summed E-state index contributed by atoms with van der Waals surface area (Å²) >= 11 is 0. The van der Waals surface area contributed by atoms with Gasteiger partial charge in [0.2, 0.25) is 5.91 Å². The minimum atomic E-state index is -0.593. The Morgan fingerprint density at radius 2 is 1.85 bits per heavy atom. The molecule has 0 saturated carbocycles. The number of carbonyl (C=O) groups is 2. The van der Waals surface area contributed by atoms with Crippen LogP contribution in [0, 0.1) is 5.92 Å². The molecule has 146 valence electrons. The van der Waals surface area contributed by atoms with Crippen LogP contribution in [0.4, 0.5) is 0 Å². The van der Waals surface area contributed by atoms with E-state index in [1.165, 1.54) is 11.8 Å². The number of nitrogens with one attached hydrogen (secondary N) is 2. The zero-order chi connectivity index (χ0) is 19.6. The molecule has 1 atom stereocenters. The Morgan fingerprint density at radius 3 is 2.48 bits per heavy atom. The fourth-order valence-electron chi connectivity index (χ4n) is 2.80. The van der Waals surface area contributed by atoms with Crippen LogP contribution >= 0.6 is 0 Å². The first-order chi connectivity index (χ1) is 13.0. The Bertz CT molecular complexity index is 699. The van der Waals surface area contributed by atoms with Crippen LogP contribution in [-0.2, 0) is 11.3 Å². The first kappa shape index (κ1) is 20.7. The molecule has 6 heteroatoms. The number of hydrogen-bond donors (Lipinski definition) is 2. The summed E-state index contributed by atoms with van der Waals surface area (Å²) in [7, 11) is 2.06. The van der Waals surface area contributed by atoms with Gasteiger partial charge in [0.25, 0.3) is 5.91 Å². The van der Waals surface area contributed by atoms with Crippen LogP contribution in [0.2, 0.25) is 0 Å². The summed E-state index contributed by atoms with van der Waals surface area (Å²) in [5.41, 5.74) is 1.27. The molecule has 1 heterocycles. The van der Waals surface area contributed by atoms with Crippen LogP contribution in [0.25, 0.3) is 0 Å². The van der Waals surface area contributed by atoms with Gasteiger partial charge in [-0.2, -0.15) is 0 Å². The van der Waals surface area contributed by atoms with E-state index in [0.29, 0.717) is 6.54 Å². The molecular formula is C21H29N3O3. The molecule has 0 radical (unpaired) electrons. The van der Waals surface area contributed by atoms with Gasteiger partial charge in [0.15, 0.2) is 5.76 Å². The van der Waals surface area contributed by atoms with E-state index in [9.17, 15) is 9.59 Å². The van der Waals surface area contributed by atoms with Gasteiger partial charge in [-0.15, -0.1) is 0 Å². The van der Waals surface area contributed by atoms with Gasteiger partial charge >= 0.3 is 0 Å². The maximum absolute atomic E-state index is 12.5. The minimum Gasteiger partial charge on any atom is -0.459 e. The van der Waals surface area contributed by atoms with E-state index in [2.05, 4.69) is 34.7 Å². The van der Waals surface area contributed by atoms with Crippen molar-refractivity contribution in [1.29, 1.82) is 0 Å². The molecule has 27 heavy (non-hydrogen) atoms. The molecule has 0 aliphatic rings. The van der Waals surface area contributed by atoms with E-state index < -0.39 is 6.04 Å². The van der Waals surface area contributed by atoms with Crippen molar-refractivity contribution < 1.29 is 14.0 Å². The molecule has 2 N–H and O–H groups in total. The quantitative estimate of drug-likeness (QED) is 0.630. The molecule has 0 spiro atoms. The third kappa shape index (κ3) is 6.90. The first-order valence-corrected chi connectivity index (χ1v) is 9.32. The Hall–Kier alpha value is -2.60. The Labute approximate surface area is 160 Å². The lowest BCUT2D eigenvalue weighted by Gasteiger charge is -2.22. The molecule has 6 nitrogen and oxygen atoms in total. The summed E-state index contributed by atoms with van der Waals surface area (Å²) in [6.45, 7) is 6.13. The second-order valence-electron chi connectivity index (χ2n) is 7.04. The third-order valence-electron chi connectivity index (χ3n) is 4.29. The van der Waals surface area contributed by atoms with E-state index in [0.717, 1.165) is 19.5 Å². The van der Waals surface area contributed by atoms with Gasteiger partial charge in [-0.25, -0.2) is 0 Å². The molecular weight excluding hydrogens is 342 g/mol. The number of hydrogen-bond acceptors (Lipinski definition) is 4. The van der Waals surface area contributed by atoms with Crippen molar-refractivity contribution in [3.8, 4) is 0 Å². The molecule has 0 saturated heterocycles. The average Bonchev–Trinajstić information content (AvgIpc) is 3.18. The second kappa shape index (κ2) is 10.5. The summed E-state index contributed by atoms with van der Waals surface area (Å²) in [4.78, 5) is 26.8. The van der Waals surface area contributed by atoms with E-state index >= 15 is 0 Å². The lowest BCUT2D eigenvalue weighted by molar-refractivity contribution is -0.123. The Balaban J connectivity index is 1.72. The normalized spacial score (nSPS) is 12.2. The van der Waals surface area contributed by atoms with Gasteiger partial charge in [0.1, 0.15) is 6.04 Å². The van der Waals surface area contributed by atoms with Crippen LogP contribution in [0.3, 0.4) is 0 Å². The van der Waals surface area contributed by atoms with Gasteiger partial charge < -0.3 is 20.0 Å². The number of carbonyl (C=O) groups excluding carboxylic acids is 2. The van der Waals surface area contributed by atoms with Crippen molar-refractivity contribution in [2.24, 2.45) is 5.92 Å². The van der Waals surface area contributed by atoms with E-state index in [1.54, 1.807) is 12.1 Å². The van der Waals surface area contributed by atoms with Crippen molar-refractivity contribution in [2.75, 3.05) is 20.1 Å². The zero-order valence-corrected chi connectivity index (χ0v) is 16.3. The number of amides is 2. The standard InChI is InChI=1S/C21H29N3O3/c1-16(2)19(23-20(25)18-11-7-14-27-18)21(26)22-12-8-13-24(3)15-17-9-5-4-6-10-17/h4-7,9-11,14,16,19H,8,12-13,15H2,1-3H3,(H,22,26)(H,23,25)/t19-/m0/s1. The van der Waals surface area contributed by atoms with Crippen molar-refractivity contribution in [1.82, 2.24) is 15.5 Å². The third-order valence-corrected chi connectivity index (χ3v) is 4.29. The molecule has 2 rings (SSSR count). The minimum absolute atomic E-state index is 0.0235. The smallest absolute Gasteiger partial charge is 0.287 e. The monoisotopic (exact) mass is 371 g/mol.